The van der Waals surface area contributed by atoms with Gasteiger partial charge in [-0.05, 0) is 66.8 Å². The quantitative estimate of drug-likeness (QED) is 0.509. The predicted molar refractivity (Wildman–Crippen MR) is 113 cm³/mol. The second kappa shape index (κ2) is 8.17. The van der Waals surface area contributed by atoms with Gasteiger partial charge in [0.05, 0.1) is 27.0 Å². The molecule has 142 valence electrons. The van der Waals surface area contributed by atoms with Crippen LogP contribution in [-0.4, -0.2) is 29.7 Å². The average Bonchev–Trinajstić information content (AvgIpc) is 2.95. The number of aromatic nitrogens is 3. The summed E-state index contributed by atoms with van der Waals surface area (Å²) in [5, 5.41) is 5.28. The molecule has 0 fully saturated rings. The number of nitrogens with one attached hydrogen (secondary N) is 1. The minimum absolute atomic E-state index is 0.0609. The van der Waals surface area contributed by atoms with Gasteiger partial charge in [-0.3, -0.25) is 4.79 Å². The molecule has 1 N–H and O–H groups in total. The maximum Gasteiger partial charge on any atom is 0.266 e. The fourth-order valence-electron chi connectivity index (χ4n) is 2.48. The van der Waals surface area contributed by atoms with Crippen LogP contribution >= 0.6 is 33.9 Å². The predicted octanol–water partition coefficient (Wildman–Crippen LogP) is 2.57. The van der Waals surface area contributed by atoms with E-state index >= 15 is 0 Å². The molecule has 0 unspecified atom stereocenters. The molecule has 0 aliphatic rings. The smallest absolute Gasteiger partial charge is 0.266 e. The summed E-state index contributed by atoms with van der Waals surface area (Å²) in [6, 6.07) is 9.64. The first-order valence-corrected chi connectivity index (χ1v) is 11.4. The summed E-state index contributed by atoms with van der Waals surface area (Å²) >= 11 is 3.62. The van der Waals surface area contributed by atoms with Crippen LogP contribution in [0, 0.1) is 17.4 Å². The molecule has 0 saturated carbocycles. The second-order valence-electron chi connectivity index (χ2n) is 5.78. The largest absolute Gasteiger partial charge is 0.268 e. The molecule has 0 aliphatic carbocycles. The molecular formula is C17H17IN4O3S2. The summed E-state index contributed by atoms with van der Waals surface area (Å²) < 4.78 is 29.4. The summed E-state index contributed by atoms with van der Waals surface area (Å²) in [6.45, 7) is 4.00. The number of halogens is 1. The zero-order chi connectivity index (χ0) is 19.6. The Hall–Kier alpha value is -1.63. The van der Waals surface area contributed by atoms with Gasteiger partial charge in [0, 0.05) is 16.2 Å². The highest BCUT2D eigenvalue weighted by molar-refractivity contribution is 14.1. The van der Waals surface area contributed by atoms with Crippen molar-refractivity contribution in [2.45, 2.75) is 25.3 Å². The van der Waals surface area contributed by atoms with Gasteiger partial charge in [-0.25, -0.2) is 22.8 Å². The Balaban J connectivity index is 1.74. The number of thiazole rings is 1. The van der Waals surface area contributed by atoms with Gasteiger partial charge in [0.15, 0.2) is 0 Å². The molecule has 3 rings (SSSR count). The molecule has 2 aromatic heterocycles. The minimum atomic E-state index is -3.63. The Kier molecular flexibility index (Phi) is 6.08. The number of benzene rings is 1. The molecule has 0 bridgehead atoms. The number of nitrogens with zero attached hydrogens (tertiary/aromatic N) is 3. The lowest BCUT2D eigenvalue weighted by molar-refractivity contribution is 0.549. The molecule has 0 spiro atoms. The van der Waals surface area contributed by atoms with E-state index in [0.717, 1.165) is 19.1 Å². The first-order chi connectivity index (χ1) is 12.8. The molecule has 0 amide bonds. The zero-order valence-electron chi connectivity index (χ0n) is 14.6. The molecule has 1 aromatic carbocycles. The minimum Gasteiger partial charge on any atom is -0.268 e. The highest BCUT2D eigenvalue weighted by atomic mass is 127. The van der Waals surface area contributed by atoms with Crippen LogP contribution in [0.4, 0.5) is 0 Å². The lowest BCUT2D eigenvalue weighted by atomic mass is 10.3. The number of aryl methyl sites for hydroxylation is 2. The fraction of sp³-hybridized carbons (Fsp3) is 0.235. The lowest BCUT2D eigenvalue weighted by Crippen LogP contribution is -2.32. The van der Waals surface area contributed by atoms with Crippen molar-refractivity contribution in [2.75, 3.05) is 6.54 Å². The summed E-state index contributed by atoms with van der Waals surface area (Å²) in [5.74, 6) is 0. The Morgan fingerprint density at radius 1 is 1.15 bits per heavy atom. The van der Waals surface area contributed by atoms with E-state index in [1.807, 2.05) is 13.8 Å². The van der Waals surface area contributed by atoms with Crippen LogP contribution < -0.4 is 10.3 Å². The Labute approximate surface area is 174 Å². The van der Waals surface area contributed by atoms with E-state index in [2.05, 4.69) is 37.4 Å². The third-order valence-corrected chi connectivity index (χ3v) is 7.03. The third kappa shape index (κ3) is 4.81. The standard InChI is InChI=1S/C17H17IN4O3S2/c1-11-17(26-12(2)20-11)15-7-8-16(23)22(21-15)10-9-19-27(24,25)14-5-3-13(18)4-6-14/h3-8,19H,9-10H2,1-2H3. The van der Waals surface area contributed by atoms with E-state index in [1.54, 1.807) is 30.3 Å². The van der Waals surface area contributed by atoms with E-state index in [-0.39, 0.29) is 23.5 Å². The third-order valence-electron chi connectivity index (χ3n) is 3.74. The maximum absolute atomic E-state index is 12.3. The molecule has 10 heteroatoms. The van der Waals surface area contributed by atoms with Gasteiger partial charge in [-0.2, -0.15) is 5.10 Å². The first-order valence-electron chi connectivity index (χ1n) is 8.04. The molecular weight excluding hydrogens is 499 g/mol. The van der Waals surface area contributed by atoms with E-state index in [0.29, 0.717) is 5.69 Å². The number of hydrogen-bond donors (Lipinski definition) is 1. The Morgan fingerprint density at radius 2 is 1.85 bits per heavy atom. The molecule has 0 aliphatic heterocycles. The highest BCUT2D eigenvalue weighted by Gasteiger charge is 2.14. The van der Waals surface area contributed by atoms with Gasteiger partial charge in [-0.15, -0.1) is 11.3 Å². The molecule has 7 nitrogen and oxygen atoms in total. The van der Waals surface area contributed by atoms with Crippen molar-refractivity contribution in [3.63, 3.8) is 0 Å². The van der Waals surface area contributed by atoms with Crippen molar-refractivity contribution in [2.24, 2.45) is 0 Å². The first kappa shape index (κ1) is 20.1. The van der Waals surface area contributed by atoms with Crippen molar-refractivity contribution in [1.82, 2.24) is 19.5 Å². The van der Waals surface area contributed by atoms with Crippen LogP contribution in [0.3, 0.4) is 0 Å². The van der Waals surface area contributed by atoms with E-state index in [9.17, 15) is 13.2 Å². The van der Waals surface area contributed by atoms with Crippen LogP contribution in [0.25, 0.3) is 10.6 Å². The van der Waals surface area contributed by atoms with Crippen LogP contribution in [0.1, 0.15) is 10.7 Å². The van der Waals surface area contributed by atoms with Crippen LogP contribution in [0.15, 0.2) is 46.1 Å². The molecule has 0 atom stereocenters. The molecule has 27 heavy (non-hydrogen) atoms. The topological polar surface area (TPSA) is 94.0 Å². The normalized spacial score (nSPS) is 11.7. The SMILES string of the molecule is Cc1nc(C)c(-c2ccc(=O)n(CCNS(=O)(=O)c3ccc(I)cc3)n2)s1. The fourth-order valence-corrected chi connectivity index (χ4v) is 4.75. The van der Waals surface area contributed by atoms with E-state index in [1.165, 1.54) is 22.1 Å². The van der Waals surface area contributed by atoms with Crippen molar-refractivity contribution < 1.29 is 8.42 Å². The molecule has 3 aromatic rings. The highest BCUT2D eigenvalue weighted by Crippen LogP contribution is 2.27. The summed E-state index contributed by atoms with van der Waals surface area (Å²) in [6.07, 6.45) is 0. The van der Waals surface area contributed by atoms with Gasteiger partial charge in [0.1, 0.15) is 5.69 Å². The van der Waals surface area contributed by atoms with Gasteiger partial charge >= 0.3 is 0 Å². The van der Waals surface area contributed by atoms with Gasteiger partial charge in [0.25, 0.3) is 5.56 Å². The van der Waals surface area contributed by atoms with Crippen molar-refractivity contribution >= 4 is 44.0 Å². The number of hydrogen-bond acceptors (Lipinski definition) is 6. The Morgan fingerprint density at radius 3 is 2.48 bits per heavy atom. The van der Waals surface area contributed by atoms with Crippen molar-refractivity contribution in [1.29, 1.82) is 0 Å². The van der Waals surface area contributed by atoms with Crippen LogP contribution in [0.2, 0.25) is 0 Å². The van der Waals surface area contributed by atoms with Crippen molar-refractivity contribution in [3.8, 4) is 10.6 Å². The lowest BCUT2D eigenvalue weighted by Gasteiger charge is -2.09. The van der Waals surface area contributed by atoms with Crippen LogP contribution in [-0.2, 0) is 16.6 Å². The molecule has 0 radical (unpaired) electrons. The van der Waals surface area contributed by atoms with Crippen molar-refractivity contribution in [3.05, 3.63) is 61.0 Å². The summed E-state index contributed by atoms with van der Waals surface area (Å²) in [5.41, 5.74) is 1.22. The van der Waals surface area contributed by atoms with E-state index < -0.39 is 10.0 Å². The van der Waals surface area contributed by atoms with Gasteiger partial charge in [0.2, 0.25) is 10.0 Å². The summed E-state index contributed by atoms with van der Waals surface area (Å²) in [4.78, 5) is 17.5. The monoisotopic (exact) mass is 516 g/mol. The average molecular weight is 516 g/mol. The number of rotatable bonds is 6. The zero-order valence-corrected chi connectivity index (χ0v) is 18.4. The summed E-state index contributed by atoms with van der Waals surface area (Å²) in [7, 11) is -3.63. The van der Waals surface area contributed by atoms with Gasteiger partial charge < -0.3 is 0 Å². The van der Waals surface area contributed by atoms with Gasteiger partial charge in [-0.1, -0.05) is 0 Å². The molecule has 0 saturated heterocycles. The Bertz CT molecular complexity index is 1120. The van der Waals surface area contributed by atoms with Crippen LogP contribution in [0.5, 0.6) is 0 Å². The van der Waals surface area contributed by atoms with E-state index in [4.69, 9.17) is 0 Å². The maximum atomic E-state index is 12.3. The number of sulfonamides is 1. The second-order valence-corrected chi connectivity index (χ2v) is 9.99. The molecule has 2 heterocycles.